The van der Waals surface area contributed by atoms with E-state index in [-0.39, 0.29) is 5.57 Å². The van der Waals surface area contributed by atoms with Gasteiger partial charge < -0.3 is 26.2 Å². The molecule has 2 aromatic carbocycles. The zero-order valence-corrected chi connectivity index (χ0v) is 15.8. The van der Waals surface area contributed by atoms with Gasteiger partial charge in [0.2, 0.25) is 0 Å². The first-order chi connectivity index (χ1) is 13.5. The summed E-state index contributed by atoms with van der Waals surface area (Å²) >= 11 is 0. The van der Waals surface area contributed by atoms with Crippen LogP contribution in [0.1, 0.15) is 11.1 Å². The first kappa shape index (κ1) is 19.4. The number of nitrogens with two attached hydrogens (primary N) is 1. The van der Waals surface area contributed by atoms with Crippen molar-refractivity contribution in [1.29, 1.82) is 0 Å². The molecule has 28 heavy (non-hydrogen) atoms. The Bertz CT molecular complexity index is 960. The Morgan fingerprint density at radius 1 is 1.14 bits per heavy atom. The van der Waals surface area contributed by atoms with E-state index in [1.54, 1.807) is 24.4 Å². The molecule has 0 saturated carbocycles. The van der Waals surface area contributed by atoms with Crippen molar-refractivity contribution in [3.8, 4) is 11.5 Å². The summed E-state index contributed by atoms with van der Waals surface area (Å²) in [6.07, 6.45) is 5.46. The predicted octanol–water partition coefficient (Wildman–Crippen LogP) is 3.24. The molecule has 2 aromatic rings. The highest BCUT2D eigenvalue weighted by atomic mass is 16.5. The maximum absolute atomic E-state index is 12.8. The first-order valence-electron chi connectivity index (χ1n) is 8.89. The van der Waals surface area contributed by atoms with E-state index in [4.69, 9.17) is 10.5 Å². The van der Waals surface area contributed by atoms with Crippen LogP contribution in [0.15, 0.2) is 78.2 Å². The predicted molar refractivity (Wildman–Crippen MR) is 110 cm³/mol. The largest absolute Gasteiger partial charge is 0.457 e. The fourth-order valence-electron chi connectivity index (χ4n) is 2.82. The van der Waals surface area contributed by atoms with Crippen molar-refractivity contribution in [1.82, 2.24) is 5.32 Å². The van der Waals surface area contributed by atoms with Crippen LogP contribution in [0, 0.1) is 13.8 Å². The average Bonchev–Trinajstić information content (AvgIpc) is 2.67. The van der Waals surface area contributed by atoms with Crippen LogP contribution in [-0.4, -0.2) is 17.2 Å². The van der Waals surface area contributed by atoms with Crippen LogP contribution in [0.25, 0.3) is 0 Å². The van der Waals surface area contributed by atoms with Gasteiger partial charge in [-0.1, -0.05) is 24.3 Å². The molecule has 1 aliphatic rings. The second-order valence-electron chi connectivity index (χ2n) is 6.44. The van der Waals surface area contributed by atoms with Gasteiger partial charge in [0.05, 0.1) is 11.3 Å². The molecule has 0 bridgehead atoms. The standard InChI is InChI=1S/C22H23N3O3/c1-14-13-19(28-16-8-4-3-5-9-16)15(2)12-18(14)25-22(27)20(21(23)26)17-10-6-7-11-24-17/h3-13,21,24,26H,23H2,1-2H3,(H,25,27)/b20-17+. The molecule has 6 nitrogen and oxygen atoms in total. The number of allylic oxidation sites excluding steroid dienone is 3. The molecule has 0 aromatic heterocycles. The molecule has 0 fully saturated rings. The van der Waals surface area contributed by atoms with Crippen molar-refractivity contribution >= 4 is 11.6 Å². The number of para-hydroxylation sites is 1. The normalized spacial score (nSPS) is 15.6. The lowest BCUT2D eigenvalue weighted by Crippen LogP contribution is -2.33. The van der Waals surface area contributed by atoms with E-state index >= 15 is 0 Å². The third kappa shape index (κ3) is 4.49. The molecule has 6 heteroatoms. The average molecular weight is 377 g/mol. The summed E-state index contributed by atoms with van der Waals surface area (Å²) in [7, 11) is 0. The Labute approximate surface area is 164 Å². The summed E-state index contributed by atoms with van der Waals surface area (Å²) in [5, 5.41) is 15.6. The van der Waals surface area contributed by atoms with Crippen LogP contribution in [0.2, 0.25) is 0 Å². The Morgan fingerprint density at radius 3 is 2.54 bits per heavy atom. The fourth-order valence-corrected chi connectivity index (χ4v) is 2.82. The van der Waals surface area contributed by atoms with E-state index in [0.717, 1.165) is 16.9 Å². The zero-order valence-electron chi connectivity index (χ0n) is 15.8. The summed E-state index contributed by atoms with van der Waals surface area (Å²) in [6, 6.07) is 13.2. The van der Waals surface area contributed by atoms with Gasteiger partial charge >= 0.3 is 0 Å². The van der Waals surface area contributed by atoms with Crippen LogP contribution in [-0.2, 0) is 4.79 Å². The number of dihydropyridines is 1. The smallest absolute Gasteiger partial charge is 0.257 e. The van der Waals surface area contributed by atoms with Crippen LogP contribution in [0.3, 0.4) is 0 Å². The van der Waals surface area contributed by atoms with Crippen molar-refractivity contribution in [3.63, 3.8) is 0 Å². The number of carbonyl (C=O) groups excluding carboxylic acids is 1. The van der Waals surface area contributed by atoms with E-state index in [9.17, 15) is 9.90 Å². The lowest BCUT2D eigenvalue weighted by Gasteiger charge is -2.18. The minimum Gasteiger partial charge on any atom is -0.457 e. The number of benzene rings is 2. The maximum atomic E-state index is 12.8. The van der Waals surface area contributed by atoms with E-state index in [2.05, 4.69) is 10.6 Å². The van der Waals surface area contributed by atoms with Crippen molar-refractivity contribution in [2.24, 2.45) is 5.73 Å². The van der Waals surface area contributed by atoms with E-state index in [0.29, 0.717) is 17.1 Å². The fraction of sp³-hybridized carbons (Fsp3) is 0.136. The van der Waals surface area contributed by atoms with Crippen LogP contribution in [0.4, 0.5) is 5.69 Å². The zero-order chi connectivity index (χ0) is 20.1. The third-order valence-corrected chi connectivity index (χ3v) is 4.28. The lowest BCUT2D eigenvalue weighted by molar-refractivity contribution is -0.113. The molecule has 1 unspecified atom stereocenters. The Hall–Kier alpha value is -3.35. The molecule has 1 atom stereocenters. The summed E-state index contributed by atoms with van der Waals surface area (Å²) in [6.45, 7) is 3.78. The SMILES string of the molecule is Cc1cc(Oc2ccccc2)c(C)cc1NC(=O)/C(=C1\C=CC=CN1)C(N)O. The van der Waals surface area contributed by atoms with Gasteiger partial charge in [0.15, 0.2) is 0 Å². The molecule has 1 amide bonds. The monoisotopic (exact) mass is 377 g/mol. The number of aryl methyl sites for hydroxylation is 2. The molecule has 3 rings (SSSR count). The van der Waals surface area contributed by atoms with Gasteiger partial charge in [0.25, 0.3) is 5.91 Å². The molecule has 144 valence electrons. The number of amides is 1. The molecule has 5 N–H and O–H groups in total. The lowest BCUT2D eigenvalue weighted by atomic mass is 10.1. The van der Waals surface area contributed by atoms with Gasteiger partial charge in [-0.3, -0.25) is 4.79 Å². The molecule has 1 heterocycles. The number of carbonyl (C=O) groups is 1. The van der Waals surface area contributed by atoms with E-state index < -0.39 is 12.1 Å². The molecule has 1 aliphatic heterocycles. The highest BCUT2D eigenvalue weighted by molar-refractivity contribution is 6.05. The minimum atomic E-state index is -1.42. The number of hydrogen-bond donors (Lipinski definition) is 4. The Morgan fingerprint density at radius 2 is 1.89 bits per heavy atom. The quantitative estimate of drug-likeness (QED) is 0.474. The number of aliphatic hydroxyl groups is 1. The minimum absolute atomic E-state index is 0.0577. The summed E-state index contributed by atoms with van der Waals surface area (Å²) in [4.78, 5) is 12.8. The molecule has 0 spiro atoms. The third-order valence-electron chi connectivity index (χ3n) is 4.28. The molecule has 0 radical (unpaired) electrons. The number of hydrogen-bond acceptors (Lipinski definition) is 5. The van der Waals surface area contributed by atoms with Gasteiger partial charge in [-0.25, -0.2) is 0 Å². The first-order valence-corrected chi connectivity index (χ1v) is 8.89. The van der Waals surface area contributed by atoms with Crippen molar-refractivity contribution in [2.75, 3.05) is 5.32 Å². The second kappa shape index (κ2) is 8.56. The Balaban J connectivity index is 1.84. The maximum Gasteiger partial charge on any atom is 0.257 e. The second-order valence-corrected chi connectivity index (χ2v) is 6.44. The Kier molecular flexibility index (Phi) is 5.93. The number of nitrogens with one attached hydrogen (secondary N) is 2. The molecular formula is C22H23N3O3. The van der Waals surface area contributed by atoms with Crippen molar-refractivity contribution in [3.05, 3.63) is 89.3 Å². The van der Waals surface area contributed by atoms with Gasteiger partial charge in [-0.2, -0.15) is 0 Å². The van der Waals surface area contributed by atoms with Gasteiger partial charge in [-0.15, -0.1) is 0 Å². The highest BCUT2D eigenvalue weighted by Crippen LogP contribution is 2.30. The molecule has 0 aliphatic carbocycles. The van der Waals surface area contributed by atoms with Crippen molar-refractivity contribution < 1.29 is 14.6 Å². The van der Waals surface area contributed by atoms with E-state index in [1.165, 1.54) is 0 Å². The van der Waals surface area contributed by atoms with Crippen LogP contribution in [0.5, 0.6) is 11.5 Å². The van der Waals surface area contributed by atoms with Crippen LogP contribution >= 0.6 is 0 Å². The number of ether oxygens (including phenoxy) is 1. The number of aliphatic hydroxyl groups excluding tert-OH is 1. The summed E-state index contributed by atoms with van der Waals surface area (Å²) in [5.41, 5.74) is 8.44. The molecule has 0 saturated heterocycles. The van der Waals surface area contributed by atoms with Crippen LogP contribution < -0.4 is 21.1 Å². The number of rotatable bonds is 5. The van der Waals surface area contributed by atoms with Gasteiger partial charge in [-0.05, 0) is 61.4 Å². The van der Waals surface area contributed by atoms with Gasteiger partial charge in [0.1, 0.15) is 17.7 Å². The highest BCUT2D eigenvalue weighted by Gasteiger charge is 2.21. The van der Waals surface area contributed by atoms with E-state index in [1.807, 2.05) is 56.3 Å². The van der Waals surface area contributed by atoms with Crippen molar-refractivity contribution in [2.45, 2.75) is 20.1 Å². The molecular weight excluding hydrogens is 354 g/mol. The van der Waals surface area contributed by atoms with Gasteiger partial charge in [0, 0.05) is 11.9 Å². The summed E-state index contributed by atoms with van der Waals surface area (Å²) in [5.74, 6) is 0.973. The summed E-state index contributed by atoms with van der Waals surface area (Å²) < 4.78 is 5.92. The topological polar surface area (TPSA) is 96.6 Å². The number of anilines is 1.